The molecule has 2 aromatic carbocycles. The average Bonchev–Trinajstić information content (AvgIpc) is 2.47. The Morgan fingerprint density at radius 1 is 0.957 bits per heavy atom. The number of hydrogen-bond acceptors (Lipinski definition) is 4. The van der Waals surface area contributed by atoms with Crippen LogP contribution in [0.1, 0.15) is 36.5 Å². The molecule has 0 aromatic heterocycles. The van der Waals surface area contributed by atoms with Gasteiger partial charge in [-0.3, -0.25) is 0 Å². The molecule has 2 aromatic rings. The molecule has 0 spiro atoms. The smallest absolute Gasteiger partial charge is 0.339 e. The fourth-order valence-electron chi connectivity index (χ4n) is 2.38. The van der Waals surface area contributed by atoms with Gasteiger partial charge in [0.1, 0.15) is 16.4 Å². The van der Waals surface area contributed by atoms with Gasteiger partial charge in [-0.05, 0) is 48.6 Å². The average molecular weight is 334 g/mol. The van der Waals surface area contributed by atoms with Crippen LogP contribution in [0.4, 0.5) is 0 Å². The maximum Gasteiger partial charge on any atom is 0.339 e. The summed E-state index contributed by atoms with van der Waals surface area (Å²) in [7, 11) is -2.39. The zero-order valence-corrected chi connectivity index (χ0v) is 14.9. The number of rotatable bonds is 5. The number of methoxy groups -OCH3 is 1. The molecule has 0 amide bonds. The molecule has 0 aliphatic heterocycles. The van der Waals surface area contributed by atoms with Gasteiger partial charge in [0.15, 0.2) is 0 Å². The molecule has 4 nitrogen and oxygen atoms in total. The van der Waals surface area contributed by atoms with Crippen molar-refractivity contribution in [2.45, 2.75) is 38.5 Å². The lowest BCUT2D eigenvalue weighted by molar-refractivity contribution is 0.409. The van der Waals surface area contributed by atoms with Gasteiger partial charge in [-0.15, -0.1) is 0 Å². The highest BCUT2D eigenvalue weighted by Crippen LogP contribution is 2.28. The van der Waals surface area contributed by atoms with E-state index in [-0.39, 0.29) is 4.90 Å². The Bertz CT molecular complexity index is 791. The number of benzene rings is 2. The maximum atomic E-state index is 12.5. The van der Waals surface area contributed by atoms with Gasteiger partial charge in [0.25, 0.3) is 0 Å². The van der Waals surface area contributed by atoms with Crippen LogP contribution in [-0.2, 0) is 10.1 Å². The van der Waals surface area contributed by atoms with Gasteiger partial charge in [0.05, 0.1) is 7.11 Å². The molecule has 0 atom stereocenters. The predicted molar refractivity (Wildman–Crippen MR) is 90.8 cm³/mol. The lowest BCUT2D eigenvalue weighted by atomic mass is 10.0. The fourth-order valence-corrected chi connectivity index (χ4v) is 3.54. The topological polar surface area (TPSA) is 52.6 Å². The van der Waals surface area contributed by atoms with Gasteiger partial charge < -0.3 is 8.92 Å². The van der Waals surface area contributed by atoms with Crippen molar-refractivity contribution in [2.24, 2.45) is 0 Å². The summed E-state index contributed by atoms with van der Waals surface area (Å²) in [5, 5.41) is 0. The van der Waals surface area contributed by atoms with E-state index in [4.69, 9.17) is 8.92 Å². The van der Waals surface area contributed by atoms with Crippen LogP contribution in [0.25, 0.3) is 0 Å². The molecule has 124 valence electrons. The zero-order chi connectivity index (χ0) is 17.2. The predicted octanol–water partition coefficient (Wildman–Crippen LogP) is 4.20. The van der Waals surface area contributed by atoms with Crippen molar-refractivity contribution >= 4 is 10.1 Å². The third kappa shape index (κ3) is 3.85. The highest BCUT2D eigenvalue weighted by Gasteiger charge is 2.21. The van der Waals surface area contributed by atoms with Gasteiger partial charge in [-0.1, -0.05) is 32.0 Å². The third-order valence-electron chi connectivity index (χ3n) is 3.71. The molecule has 0 saturated heterocycles. The van der Waals surface area contributed by atoms with E-state index in [0.717, 1.165) is 11.1 Å². The summed E-state index contributed by atoms with van der Waals surface area (Å²) in [6.07, 6.45) is 0. The molecule has 2 rings (SSSR count). The van der Waals surface area contributed by atoms with Crippen molar-refractivity contribution in [3.63, 3.8) is 0 Å². The molecular formula is C18H22O4S. The minimum absolute atomic E-state index is 0.118. The van der Waals surface area contributed by atoms with Gasteiger partial charge in [-0.2, -0.15) is 8.42 Å². The molecule has 0 radical (unpaired) electrons. The molecule has 0 N–H and O–H groups in total. The molecule has 0 saturated carbocycles. The fraction of sp³-hybridized carbons (Fsp3) is 0.333. The molecule has 23 heavy (non-hydrogen) atoms. The molecule has 0 aliphatic rings. The maximum absolute atomic E-state index is 12.5. The molecule has 0 unspecified atom stereocenters. The molecule has 0 fully saturated rings. The van der Waals surface area contributed by atoms with Crippen LogP contribution in [0.5, 0.6) is 11.5 Å². The Hall–Kier alpha value is -2.01. The first-order valence-corrected chi connectivity index (χ1v) is 8.85. The Morgan fingerprint density at radius 2 is 1.57 bits per heavy atom. The highest BCUT2D eigenvalue weighted by molar-refractivity contribution is 7.87. The van der Waals surface area contributed by atoms with E-state index in [2.05, 4.69) is 13.8 Å². The highest BCUT2D eigenvalue weighted by atomic mass is 32.2. The number of aryl methyl sites for hydroxylation is 2. The Balaban J connectivity index is 2.35. The van der Waals surface area contributed by atoms with Crippen LogP contribution < -0.4 is 8.92 Å². The van der Waals surface area contributed by atoms with Crippen molar-refractivity contribution in [1.29, 1.82) is 0 Å². The van der Waals surface area contributed by atoms with Gasteiger partial charge >= 0.3 is 10.1 Å². The van der Waals surface area contributed by atoms with E-state index in [0.29, 0.717) is 23.0 Å². The molecule has 0 aliphatic carbocycles. The SMILES string of the molecule is COc1cc(S(=O)(=O)Oc2ccc(C(C)C)cc2)c(C)cc1C. The number of hydrogen-bond donors (Lipinski definition) is 0. The van der Waals surface area contributed by atoms with Gasteiger partial charge in [0.2, 0.25) is 0 Å². The first-order valence-electron chi connectivity index (χ1n) is 7.44. The van der Waals surface area contributed by atoms with Gasteiger partial charge in [0, 0.05) is 6.07 Å². The summed E-state index contributed by atoms with van der Waals surface area (Å²) >= 11 is 0. The van der Waals surface area contributed by atoms with E-state index >= 15 is 0 Å². The Labute approximate surface area is 138 Å². The van der Waals surface area contributed by atoms with Crippen molar-refractivity contribution in [2.75, 3.05) is 7.11 Å². The van der Waals surface area contributed by atoms with E-state index in [1.807, 2.05) is 19.1 Å². The normalized spacial score (nSPS) is 11.6. The lowest BCUT2D eigenvalue weighted by Crippen LogP contribution is -2.12. The third-order valence-corrected chi connectivity index (χ3v) is 5.10. The summed E-state index contributed by atoms with van der Waals surface area (Å²) in [5.74, 6) is 1.20. The van der Waals surface area contributed by atoms with Crippen LogP contribution in [0.15, 0.2) is 41.3 Å². The number of ether oxygens (including phenoxy) is 1. The lowest BCUT2D eigenvalue weighted by Gasteiger charge is -2.13. The minimum atomic E-state index is -3.91. The van der Waals surface area contributed by atoms with Crippen molar-refractivity contribution < 1.29 is 17.3 Å². The van der Waals surface area contributed by atoms with Crippen LogP contribution in [0.2, 0.25) is 0 Å². The summed E-state index contributed by atoms with van der Waals surface area (Å²) in [5.41, 5.74) is 2.63. The van der Waals surface area contributed by atoms with Crippen LogP contribution >= 0.6 is 0 Å². The van der Waals surface area contributed by atoms with E-state index in [9.17, 15) is 8.42 Å². The van der Waals surface area contributed by atoms with E-state index < -0.39 is 10.1 Å². The van der Waals surface area contributed by atoms with Crippen LogP contribution in [0.3, 0.4) is 0 Å². The first kappa shape index (κ1) is 17.3. The zero-order valence-electron chi connectivity index (χ0n) is 14.1. The minimum Gasteiger partial charge on any atom is -0.496 e. The summed E-state index contributed by atoms with van der Waals surface area (Å²) < 4.78 is 35.6. The second-order valence-corrected chi connectivity index (χ2v) is 7.36. The quantitative estimate of drug-likeness (QED) is 0.769. The van der Waals surface area contributed by atoms with Crippen molar-refractivity contribution in [1.82, 2.24) is 0 Å². The largest absolute Gasteiger partial charge is 0.496 e. The molecular weight excluding hydrogens is 312 g/mol. The first-order chi connectivity index (χ1) is 10.7. The monoisotopic (exact) mass is 334 g/mol. The van der Waals surface area contributed by atoms with Crippen LogP contribution in [0, 0.1) is 13.8 Å². The standard InChI is InChI=1S/C18H22O4S/c1-12(2)15-6-8-16(9-7-15)22-23(19,20)18-11-17(21-5)13(3)10-14(18)4/h6-12H,1-5H3. The molecule has 5 heteroatoms. The second-order valence-electron chi connectivity index (χ2n) is 5.85. The summed E-state index contributed by atoms with van der Waals surface area (Å²) in [4.78, 5) is 0.118. The van der Waals surface area contributed by atoms with Crippen molar-refractivity contribution in [3.05, 3.63) is 53.1 Å². The van der Waals surface area contributed by atoms with E-state index in [1.54, 1.807) is 25.1 Å². The van der Waals surface area contributed by atoms with Crippen molar-refractivity contribution in [3.8, 4) is 11.5 Å². The summed E-state index contributed by atoms with van der Waals surface area (Å²) in [6.45, 7) is 7.77. The molecule has 0 heterocycles. The van der Waals surface area contributed by atoms with E-state index in [1.165, 1.54) is 13.2 Å². The molecule has 0 bridgehead atoms. The Kier molecular flexibility index (Phi) is 5.00. The van der Waals surface area contributed by atoms with Crippen LogP contribution in [-0.4, -0.2) is 15.5 Å². The summed E-state index contributed by atoms with van der Waals surface area (Å²) in [6, 6.07) is 10.4. The van der Waals surface area contributed by atoms with Gasteiger partial charge in [-0.25, -0.2) is 0 Å². The second kappa shape index (κ2) is 6.62. The Morgan fingerprint density at radius 3 is 2.09 bits per heavy atom.